The molecular weight excluding hydrogens is 302 g/mol. The third-order valence-electron chi connectivity index (χ3n) is 3.41. The highest BCUT2D eigenvalue weighted by atomic mass is 35.5. The van der Waals surface area contributed by atoms with Crippen LogP contribution >= 0.6 is 11.6 Å². The van der Waals surface area contributed by atoms with Gasteiger partial charge in [0.15, 0.2) is 5.78 Å². The van der Waals surface area contributed by atoms with E-state index in [4.69, 9.17) is 16.3 Å². The fraction of sp³-hybridized carbons (Fsp3) is 0.0588. The molecule has 1 heterocycles. The van der Waals surface area contributed by atoms with Gasteiger partial charge in [0.25, 0.3) is 5.91 Å². The van der Waals surface area contributed by atoms with Crippen LogP contribution in [0.1, 0.15) is 15.9 Å². The molecule has 1 amide bonds. The zero-order valence-electron chi connectivity index (χ0n) is 11.7. The Morgan fingerprint density at radius 2 is 2.00 bits per heavy atom. The number of halogens is 1. The topological polar surface area (TPSA) is 55.4 Å². The van der Waals surface area contributed by atoms with E-state index in [1.54, 1.807) is 42.5 Å². The molecule has 1 aliphatic heterocycles. The van der Waals surface area contributed by atoms with Crippen molar-refractivity contribution in [1.29, 1.82) is 0 Å². The van der Waals surface area contributed by atoms with Gasteiger partial charge in [0.1, 0.15) is 5.75 Å². The molecule has 0 bridgehead atoms. The van der Waals surface area contributed by atoms with Crippen molar-refractivity contribution in [2.24, 2.45) is 0 Å². The molecule has 0 unspecified atom stereocenters. The highest BCUT2D eigenvalue weighted by Crippen LogP contribution is 2.34. The van der Waals surface area contributed by atoms with Gasteiger partial charge in [-0.05, 0) is 36.4 Å². The zero-order valence-corrected chi connectivity index (χ0v) is 12.5. The van der Waals surface area contributed by atoms with Crippen molar-refractivity contribution in [1.82, 2.24) is 0 Å². The summed E-state index contributed by atoms with van der Waals surface area (Å²) in [5.41, 5.74) is 1.98. The van der Waals surface area contributed by atoms with Gasteiger partial charge in [-0.1, -0.05) is 23.7 Å². The summed E-state index contributed by atoms with van der Waals surface area (Å²) in [6, 6.07) is 11.9. The maximum atomic E-state index is 12.5. The van der Waals surface area contributed by atoms with E-state index in [1.807, 2.05) is 0 Å². The summed E-state index contributed by atoms with van der Waals surface area (Å²) in [6.45, 7) is 0. The van der Waals surface area contributed by atoms with E-state index in [0.717, 1.165) is 0 Å². The number of fused-ring (bicyclic) bond motifs is 1. The van der Waals surface area contributed by atoms with Crippen LogP contribution in [0.3, 0.4) is 0 Å². The molecule has 0 aromatic heterocycles. The largest absolute Gasteiger partial charge is 0.496 e. The van der Waals surface area contributed by atoms with E-state index in [0.29, 0.717) is 33.2 Å². The van der Waals surface area contributed by atoms with Gasteiger partial charge in [-0.25, -0.2) is 0 Å². The van der Waals surface area contributed by atoms with Crippen LogP contribution in [0.15, 0.2) is 48.5 Å². The molecule has 0 spiro atoms. The molecule has 5 heteroatoms. The number of allylic oxidation sites excluding steroid dienone is 1. The number of rotatable bonds is 3. The molecule has 2 aromatic carbocycles. The number of para-hydroxylation sites is 1. The maximum absolute atomic E-state index is 12.5. The van der Waals surface area contributed by atoms with Gasteiger partial charge in [0.2, 0.25) is 0 Å². The van der Waals surface area contributed by atoms with Gasteiger partial charge in [0, 0.05) is 16.3 Å². The van der Waals surface area contributed by atoms with Gasteiger partial charge in [-0.2, -0.15) is 0 Å². The highest BCUT2D eigenvalue weighted by Gasteiger charge is 2.25. The summed E-state index contributed by atoms with van der Waals surface area (Å²) < 4.78 is 5.17. The van der Waals surface area contributed by atoms with Crippen LogP contribution < -0.4 is 10.1 Å². The molecule has 0 atom stereocenters. The predicted octanol–water partition coefficient (Wildman–Crippen LogP) is 3.57. The first kappa shape index (κ1) is 14.4. The normalized spacial score (nSPS) is 14.6. The van der Waals surface area contributed by atoms with E-state index in [2.05, 4.69) is 5.32 Å². The van der Waals surface area contributed by atoms with Crippen LogP contribution in [0.4, 0.5) is 5.69 Å². The summed E-state index contributed by atoms with van der Waals surface area (Å²) in [6.07, 6.45) is 1.31. The monoisotopic (exact) mass is 313 g/mol. The first-order chi connectivity index (χ1) is 10.6. The summed E-state index contributed by atoms with van der Waals surface area (Å²) in [5, 5.41) is 3.22. The van der Waals surface area contributed by atoms with Gasteiger partial charge < -0.3 is 10.1 Å². The van der Waals surface area contributed by atoms with Crippen LogP contribution in [0.2, 0.25) is 5.02 Å². The Kier molecular flexibility index (Phi) is 3.69. The lowest BCUT2D eigenvalue weighted by molar-refractivity contribution is -0.110. The number of hydrogen-bond donors (Lipinski definition) is 1. The zero-order chi connectivity index (χ0) is 15.7. The molecule has 0 radical (unpaired) electrons. The quantitative estimate of drug-likeness (QED) is 0.696. The SMILES string of the molecule is COc1ccccc1C(=O)C=C1C(=O)Nc2ccc(Cl)cc21. The Morgan fingerprint density at radius 3 is 2.77 bits per heavy atom. The number of benzene rings is 2. The Hall–Kier alpha value is -2.59. The van der Waals surface area contributed by atoms with Gasteiger partial charge in [0.05, 0.1) is 18.2 Å². The number of hydrogen-bond acceptors (Lipinski definition) is 3. The average Bonchev–Trinajstić information content (AvgIpc) is 2.83. The average molecular weight is 314 g/mol. The summed E-state index contributed by atoms with van der Waals surface area (Å²) in [5.74, 6) is -0.148. The molecule has 4 nitrogen and oxygen atoms in total. The Balaban J connectivity index is 2.04. The summed E-state index contributed by atoms with van der Waals surface area (Å²) in [7, 11) is 1.50. The fourth-order valence-electron chi connectivity index (χ4n) is 2.36. The van der Waals surface area contributed by atoms with Crippen molar-refractivity contribution in [3.63, 3.8) is 0 Å². The van der Waals surface area contributed by atoms with E-state index in [9.17, 15) is 9.59 Å². The van der Waals surface area contributed by atoms with Gasteiger partial charge in [-0.3, -0.25) is 9.59 Å². The molecule has 3 rings (SSSR count). The standard InChI is InChI=1S/C17H12ClNO3/c1-22-16-5-3-2-4-11(16)15(20)9-13-12-8-10(18)6-7-14(12)19-17(13)21/h2-9H,1H3,(H,19,21). The van der Waals surface area contributed by atoms with Crippen molar-refractivity contribution >= 4 is 34.6 Å². The molecule has 22 heavy (non-hydrogen) atoms. The molecule has 1 N–H and O–H groups in total. The Labute approximate surface area is 132 Å². The Morgan fingerprint density at radius 1 is 1.23 bits per heavy atom. The van der Waals surface area contributed by atoms with E-state index in [-0.39, 0.29) is 11.7 Å². The highest BCUT2D eigenvalue weighted by molar-refractivity contribution is 6.36. The lowest BCUT2D eigenvalue weighted by Gasteiger charge is -2.05. The predicted molar refractivity (Wildman–Crippen MR) is 85.4 cm³/mol. The molecule has 2 aromatic rings. The number of ether oxygens (including phenoxy) is 1. The van der Waals surface area contributed by atoms with E-state index >= 15 is 0 Å². The Bertz CT molecular complexity index is 811. The number of ketones is 1. The van der Waals surface area contributed by atoms with Crippen molar-refractivity contribution in [2.75, 3.05) is 12.4 Å². The molecule has 0 fully saturated rings. The third-order valence-corrected chi connectivity index (χ3v) is 3.65. The van der Waals surface area contributed by atoms with E-state index in [1.165, 1.54) is 13.2 Å². The number of methoxy groups -OCH3 is 1. The van der Waals surface area contributed by atoms with Crippen LogP contribution in [-0.2, 0) is 4.79 Å². The van der Waals surface area contributed by atoms with Crippen molar-refractivity contribution < 1.29 is 14.3 Å². The molecule has 0 saturated carbocycles. The second-order valence-electron chi connectivity index (χ2n) is 4.77. The lowest BCUT2D eigenvalue weighted by atomic mass is 10.0. The lowest BCUT2D eigenvalue weighted by Crippen LogP contribution is -2.06. The molecule has 0 aliphatic carbocycles. The maximum Gasteiger partial charge on any atom is 0.256 e. The minimum absolute atomic E-state index is 0.296. The van der Waals surface area contributed by atoms with Crippen molar-refractivity contribution in [3.05, 3.63) is 64.7 Å². The molecule has 0 saturated heterocycles. The minimum atomic E-state index is -0.319. The number of amides is 1. The van der Waals surface area contributed by atoms with Crippen LogP contribution in [0, 0.1) is 0 Å². The van der Waals surface area contributed by atoms with Crippen LogP contribution in [0.5, 0.6) is 5.75 Å². The number of carbonyl (C=O) groups is 2. The molecule has 1 aliphatic rings. The number of anilines is 1. The van der Waals surface area contributed by atoms with Gasteiger partial charge in [-0.15, -0.1) is 0 Å². The van der Waals surface area contributed by atoms with Crippen molar-refractivity contribution in [2.45, 2.75) is 0 Å². The number of nitrogens with one attached hydrogen (secondary N) is 1. The smallest absolute Gasteiger partial charge is 0.256 e. The first-order valence-electron chi connectivity index (χ1n) is 6.60. The van der Waals surface area contributed by atoms with E-state index < -0.39 is 0 Å². The van der Waals surface area contributed by atoms with Crippen LogP contribution in [0.25, 0.3) is 5.57 Å². The molecule has 110 valence electrons. The molecular formula is C17H12ClNO3. The first-order valence-corrected chi connectivity index (χ1v) is 6.98. The number of carbonyl (C=O) groups excluding carboxylic acids is 2. The second-order valence-corrected chi connectivity index (χ2v) is 5.20. The third kappa shape index (κ3) is 2.49. The summed E-state index contributed by atoms with van der Waals surface area (Å²) >= 11 is 5.97. The van der Waals surface area contributed by atoms with Crippen molar-refractivity contribution in [3.8, 4) is 5.75 Å². The summed E-state index contributed by atoms with van der Waals surface area (Å²) in [4.78, 5) is 24.5. The van der Waals surface area contributed by atoms with Gasteiger partial charge >= 0.3 is 0 Å². The fourth-order valence-corrected chi connectivity index (χ4v) is 2.53. The second kappa shape index (κ2) is 5.66. The minimum Gasteiger partial charge on any atom is -0.496 e. The van der Waals surface area contributed by atoms with Crippen LogP contribution in [-0.4, -0.2) is 18.8 Å².